The summed E-state index contributed by atoms with van der Waals surface area (Å²) >= 11 is 39.9. The number of halogens is 7. The van der Waals surface area contributed by atoms with Crippen LogP contribution in [0.25, 0.3) is 0 Å². The molecule has 0 heterocycles. The highest BCUT2D eigenvalue weighted by molar-refractivity contribution is 6.67. The molecule has 1 aromatic carbocycles. The van der Waals surface area contributed by atoms with Gasteiger partial charge in [-0.2, -0.15) is 0 Å². The van der Waals surface area contributed by atoms with E-state index in [1.807, 2.05) is 0 Å². The van der Waals surface area contributed by atoms with Gasteiger partial charge in [-0.05, 0) is 6.08 Å². The molecule has 11 heteroatoms. The Morgan fingerprint density at radius 1 is 1.08 bits per heavy atom. The molecule has 0 saturated heterocycles. The van der Waals surface area contributed by atoms with Crippen molar-refractivity contribution in [1.82, 2.24) is 5.48 Å². The highest BCUT2D eigenvalue weighted by atomic mass is 35.6. The van der Waals surface area contributed by atoms with Gasteiger partial charge in [0.2, 0.25) is 3.79 Å². The van der Waals surface area contributed by atoms with Gasteiger partial charge in [0, 0.05) is 24.8 Å². The van der Waals surface area contributed by atoms with Gasteiger partial charge in [0.25, 0.3) is 0 Å². The number of rotatable bonds is 10. The molecule has 4 nitrogen and oxygen atoms in total. The zero-order valence-electron chi connectivity index (χ0n) is 13.1. The molecule has 0 fully saturated rings. The van der Waals surface area contributed by atoms with Crippen LogP contribution < -0.4 is 15.0 Å². The maximum atomic E-state index is 6.16. The van der Waals surface area contributed by atoms with Crippen LogP contribution in [0.3, 0.4) is 0 Å². The minimum Gasteiger partial charge on any atom is -0.490 e. The molecule has 1 aromatic rings. The largest absolute Gasteiger partial charge is 0.490 e. The Balaban J connectivity index is 2.39. The number of hydrogen-bond acceptors (Lipinski definition) is 4. The van der Waals surface area contributed by atoms with Crippen molar-refractivity contribution >= 4 is 81.2 Å². The topological polar surface area (TPSA) is 39.7 Å². The standard InChI is InChI=1S/C15H14Cl7NO3/c16-11-7-10(24-6-3-13(18)19)8-12(17)14(11)25-5-2-1-4-23-26-9-15(20,21)22/h1,3-4,7-8,23H,2,5-6,9H2. The van der Waals surface area contributed by atoms with Crippen molar-refractivity contribution in [3.63, 3.8) is 0 Å². The number of nitrogens with one attached hydrogen (secondary N) is 1. The van der Waals surface area contributed by atoms with Crippen molar-refractivity contribution in [2.75, 3.05) is 19.8 Å². The highest BCUT2D eigenvalue weighted by Crippen LogP contribution is 2.37. The molecule has 1 N–H and O–H groups in total. The summed E-state index contributed by atoms with van der Waals surface area (Å²) in [6.45, 7) is 0.436. The number of ether oxygens (including phenoxy) is 2. The zero-order chi connectivity index (χ0) is 19.6. The third-order valence-electron chi connectivity index (χ3n) is 2.50. The first-order chi connectivity index (χ1) is 12.2. The second kappa shape index (κ2) is 12.5. The van der Waals surface area contributed by atoms with Crippen molar-refractivity contribution in [3.05, 3.63) is 45.0 Å². The summed E-state index contributed by atoms with van der Waals surface area (Å²) in [5, 5.41) is 0.642. The molecule has 0 unspecified atom stereocenters. The average Bonchev–Trinajstić information content (AvgIpc) is 2.50. The van der Waals surface area contributed by atoms with Crippen molar-refractivity contribution < 1.29 is 14.3 Å². The average molecular weight is 504 g/mol. The summed E-state index contributed by atoms with van der Waals surface area (Å²) in [5.74, 6) is 0.828. The Labute approximate surface area is 186 Å². The van der Waals surface area contributed by atoms with Crippen LogP contribution in [0.2, 0.25) is 10.0 Å². The lowest BCUT2D eigenvalue weighted by Crippen LogP contribution is -2.18. The van der Waals surface area contributed by atoms with Crippen LogP contribution in [-0.2, 0) is 4.84 Å². The normalized spacial score (nSPS) is 11.5. The minimum absolute atomic E-state index is 0.0922. The first-order valence-electron chi connectivity index (χ1n) is 7.04. The Morgan fingerprint density at radius 2 is 1.73 bits per heavy atom. The lowest BCUT2D eigenvalue weighted by Gasteiger charge is -2.12. The molecule has 0 aliphatic rings. The summed E-state index contributed by atoms with van der Waals surface area (Å²) in [5.41, 5.74) is 2.52. The molecule has 0 bridgehead atoms. The molecular formula is C15H14Cl7NO3. The fourth-order valence-electron chi connectivity index (χ4n) is 1.49. The Morgan fingerprint density at radius 3 is 2.31 bits per heavy atom. The van der Waals surface area contributed by atoms with Crippen molar-refractivity contribution in [2.45, 2.75) is 10.2 Å². The van der Waals surface area contributed by atoms with Gasteiger partial charge in [-0.1, -0.05) is 87.3 Å². The molecule has 0 aromatic heterocycles. The second-order valence-corrected chi connectivity index (χ2v) is 8.92. The van der Waals surface area contributed by atoms with Gasteiger partial charge >= 0.3 is 0 Å². The van der Waals surface area contributed by atoms with Gasteiger partial charge in [-0.15, -0.1) is 0 Å². The van der Waals surface area contributed by atoms with Crippen LogP contribution in [0.15, 0.2) is 35.0 Å². The SMILES string of the molecule is ClC(Cl)=CCOc1cc(Cl)c(OCCC=CNOCC(Cl)(Cl)Cl)c(Cl)c1. The molecule has 0 radical (unpaired) electrons. The molecule has 0 aliphatic heterocycles. The Bertz CT molecular complexity index is 605. The van der Waals surface area contributed by atoms with E-state index in [0.717, 1.165) is 0 Å². The minimum atomic E-state index is -1.47. The van der Waals surface area contributed by atoms with Crippen LogP contribution in [0.1, 0.15) is 6.42 Å². The molecule has 146 valence electrons. The highest BCUT2D eigenvalue weighted by Gasteiger charge is 2.19. The number of hydroxylamine groups is 1. The van der Waals surface area contributed by atoms with E-state index in [1.165, 1.54) is 6.08 Å². The van der Waals surface area contributed by atoms with E-state index < -0.39 is 3.79 Å². The Kier molecular flexibility index (Phi) is 11.6. The monoisotopic (exact) mass is 501 g/mol. The van der Waals surface area contributed by atoms with E-state index in [-0.39, 0.29) is 17.7 Å². The summed E-state index contributed by atoms with van der Waals surface area (Å²) in [6.07, 6.45) is 5.37. The molecular weight excluding hydrogens is 490 g/mol. The molecule has 0 spiro atoms. The molecule has 26 heavy (non-hydrogen) atoms. The van der Waals surface area contributed by atoms with Crippen LogP contribution in [0.5, 0.6) is 11.5 Å². The smallest absolute Gasteiger partial charge is 0.216 e. The van der Waals surface area contributed by atoms with Gasteiger partial charge in [0.15, 0.2) is 5.75 Å². The van der Waals surface area contributed by atoms with Gasteiger partial charge in [-0.25, -0.2) is 0 Å². The molecule has 0 aliphatic carbocycles. The van der Waals surface area contributed by atoms with Gasteiger partial charge in [0.1, 0.15) is 23.5 Å². The first-order valence-corrected chi connectivity index (χ1v) is 9.68. The summed E-state index contributed by atoms with van der Waals surface area (Å²) < 4.78 is 9.62. The zero-order valence-corrected chi connectivity index (χ0v) is 18.4. The molecule has 0 amide bonds. The summed E-state index contributed by atoms with van der Waals surface area (Å²) in [4.78, 5) is 4.91. The van der Waals surface area contributed by atoms with Gasteiger partial charge in [0.05, 0.1) is 16.7 Å². The predicted molar refractivity (Wildman–Crippen MR) is 110 cm³/mol. The maximum Gasteiger partial charge on any atom is 0.216 e. The summed E-state index contributed by atoms with van der Waals surface area (Å²) in [6, 6.07) is 3.17. The fraction of sp³-hybridized carbons (Fsp3) is 0.333. The molecule has 1 rings (SSSR count). The maximum absolute atomic E-state index is 6.16. The number of hydrogen-bond donors (Lipinski definition) is 1. The number of alkyl halides is 3. The van der Waals surface area contributed by atoms with Gasteiger partial charge < -0.3 is 9.47 Å². The molecule has 0 saturated carbocycles. The lowest BCUT2D eigenvalue weighted by molar-refractivity contribution is 0.0752. The molecule has 0 atom stereocenters. The van der Waals surface area contributed by atoms with Gasteiger partial charge in [-0.3, -0.25) is 10.3 Å². The second-order valence-electron chi connectivity index (χ2n) is 4.58. The van der Waals surface area contributed by atoms with E-state index in [1.54, 1.807) is 24.4 Å². The Hall–Kier alpha value is 0.0900. The predicted octanol–water partition coefficient (Wildman–Crippen LogP) is 6.87. The van der Waals surface area contributed by atoms with E-state index in [2.05, 4.69) is 5.48 Å². The van der Waals surface area contributed by atoms with E-state index in [0.29, 0.717) is 34.6 Å². The van der Waals surface area contributed by atoms with E-state index >= 15 is 0 Å². The van der Waals surface area contributed by atoms with Crippen LogP contribution in [-0.4, -0.2) is 23.6 Å². The van der Waals surface area contributed by atoms with Crippen LogP contribution in [0.4, 0.5) is 0 Å². The number of benzene rings is 1. The third kappa shape index (κ3) is 11.1. The van der Waals surface area contributed by atoms with E-state index in [4.69, 9.17) is 95.5 Å². The van der Waals surface area contributed by atoms with Crippen LogP contribution >= 0.6 is 81.2 Å². The first kappa shape index (κ1) is 24.1. The third-order valence-corrected chi connectivity index (χ3v) is 3.69. The van der Waals surface area contributed by atoms with Crippen molar-refractivity contribution in [2.24, 2.45) is 0 Å². The van der Waals surface area contributed by atoms with Crippen molar-refractivity contribution in [1.29, 1.82) is 0 Å². The van der Waals surface area contributed by atoms with Crippen molar-refractivity contribution in [3.8, 4) is 11.5 Å². The van der Waals surface area contributed by atoms with E-state index in [9.17, 15) is 0 Å². The lowest BCUT2D eigenvalue weighted by atomic mass is 10.3. The van der Waals surface area contributed by atoms with Crippen LogP contribution in [0, 0.1) is 0 Å². The fourth-order valence-corrected chi connectivity index (χ4v) is 2.36. The summed E-state index contributed by atoms with van der Waals surface area (Å²) in [7, 11) is 0. The quantitative estimate of drug-likeness (QED) is 0.215.